The van der Waals surface area contributed by atoms with Crippen LogP contribution in [0.5, 0.6) is 0 Å². The number of carbonyl (C=O) groups excluding carboxylic acids is 3. The summed E-state index contributed by atoms with van der Waals surface area (Å²) in [5.74, 6) is -2.10. The predicted octanol–water partition coefficient (Wildman–Crippen LogP) is 1.33. The Labute approximate surface area is 162 Å². The molecule has 2 N–H and O–H groups in total. The van der Waals surface area contributed by atoms with Gasteiger partial charge in [0.15, 0.2) is 11.8 Å². The number of furan rings is 1. The molecule has 3 heterocycles. The third-order valence-corrected chi connectivity index (χ3v) is 6.08. The van der Waals surface area contributed by atoms with E-state index in [1.165, 1.54) is 18.3 Å². The first kappa shape index (κ1) is 18.4. The van der Waals surface area contributed by atoms with E-state index in [-0.39, 0.29) is 11.8 Å². The van der Waals surface area contributed by atoms with Crippen molar-refractivity contribution in [2.45, 2.75) is 31.8 Å². The van der Waals surface area contributed by atoms with Crippen molar-refractivity contribution < 1.29 is 28.9 Å². The van der Waals surface area contributed by atoms with Crippen LogP contribution >= 0.6 is 0 Å². The van der Waals surface area contributed by atoms with Gasteiger partial charge in [-0.15, -0.1) is 0 Å². The maximum atomic E-state index is 13.4. The molecule has 4 atom stereocenters. The van der Waals surface area contributed by atoms with Gasteiger partial charge in [-0.05, 0) is 31.2 Å². The summed E-state index contributed by atoms with van der Waals surface area (Å²) in [7, 11) is 1.31. The number of esters is 1. The second-order valence-corrected chi connectivity index (χ2v) is 7.44. The molecule has 4 rings (SSSR count). The van der Waals surface area contributed by atoms with Crippen LogP contribution in [0, 0.1) is 18.8 Å². The van der Waals surface area contributed by atoms with Gasteiger partial charge in [0, 0.05) is 6.42 Å². The van der Waals surface area contributed by atoms with Crippen LogP contribution in [0.3, 0.4) is 0 Å². The number of fused-ring (bicyclic) bond motifs is 1. The molecule has 7 heteroatoms. The lowest BCUT2D eigenvalue weighted by atomic mass is 9.78. The van der Waals surface area contributed by atoms with Crippen LogP contribution in [-0.2, 0) is 19.1 Å². The number of hydrogen-bond acceptors (Lipinski definition) is 5. The molecule has 7 nitrogen and oxygen atoms in total. The minimum Gasteiger partial charge on any atom is -0.464 e. The van der Waals surface area contributed by atoms with Gasteiger partial charge in [0.2, 0.25) is 17.4 Å². The minimum absolute atomic E-state index is 0.310. The lowest BCUT2D eigenvalue weighted by Gasteiger charge is -2.27. The monoisotopic (exact) mass is 383 g/mol. The second kappa shape index (κ2) is 6.60. The van der Waals surface area contributed by atoms with E-state index in [0.29, 0.717) is 17.9 Å². The van der Waals surface area contributed by atoms with Gasteiger partial charge in [-0.1, -0.05) is 24.6 Å². The lowest BCUT2D eigenvalue weighted by molar-refractivity contribution is -0.735. The Morgan fingerprint density at radius 2 is 1.93 bits per heavy atom. The first-order valence-electron chi connectivity index (χ1n) is 9.37. The smallest absolute Gasteiger partial charge is 0.368 e. The highest BCUT2D eigenvalue weighted by atomic mass is 16.5. The van der Waals surface area contributed by atoms with Crippen molar-refractivity contribution in [3.05, 3.63) is 54.0 Å². The van der Waals surface area contributed by atoms with Gasteiger partial charge in [0.1, 0.15) is 11.8 Å². The van der Waals surface area contributed by atoms with Gasteiger partial charge in [-0.3, -0.25) is 9.59 Å². The van der Waals surface area contributed by atoms with E-state index >= 15 is 0 Å². The molecule has 2 saturated heterocycles. The number of carbonyl (C=O) groups is 3. The zero-order chi connectivity index (χ0) is 20.1. The Bertz CT molecular complexity index is 921. The maximum Gasteiger partial charge on any atom is 0.368 e. The Morgan fingerprint density at radius 3 is 2.50 bits per heavy atom. The summed E-state index contributed by atoms with van der Waals surface area (Å²) in [6, 6.07) is 10.3. The van der Waals surface area contributed by atoms with Crippen LogP contribution in [0.1, 0.15) is 30.7 Å². The van der Waals surface area contributed by atoms with E-state index in [4.69, 9.17) is 9.15 Å². The quantitative estimate of drug-likeness (QED) is 0.635. The number of quaternary nitrogens is 1. The zero-order valence-corrected chi connectivity index (χ0v) is 16.0. The van der Waals surface area contributed by atoms with Crippen molar-refractivity contribution >= 4 is 23.5 Å². The Kier molecular flexibility index (Phi) is 4.34. The van der Waals surface area contributed by atoms with Crippen LogP contribution in [-0.4, -0.2) is 30.4 Å². The number of methoxy groups -OCH3 is 1. The number of rotatable bonds is 4. The molecule has 1 aromatic carbocycles. The number of nitrogens with zero attached hydrogens (tertiary/aromatic N) is 1. The molecule has 2 aromatic rings. The highest BCUT2D eigenvalue weighted by molar-refractivity contribution is 6.23. The van der Waals surface area contributed by atoms with Gasteiger partial charge in [0.05, 0.1) is 19.1 Å². The topological polar surface area (TPSA) is 93.4 Å². The summed E-state index contributed by atoms with van der Waals surface area (Å²) in [6.45, 7) is 3.77. The van der Waals surface area contributed by atoms with Crippen molar-refractivity contribution in [2.75, 3.05) is 12.0 Å². The first-order chi connectivity index (χ1) is 13.4. The fraction of sp³-hybridized carbons (Fsp3) is 0.381. The molecule has 2 aliphatic rings. The summed E-state index contributed by atoms with van der Waals surface area (Å²) < 4.78 is 10.6. The van der Waals surface area contributed by atoms with E-state index in [2.05, 4.69) is 0 Å². The van der Waals surface area contributed by atoms with Crippen LogP contribution < -0.4 is 10.2 Å². The highest BCUT2D eigenvalue weighted by Gasteiger charge is 2.72. The number of ether oxygens (including phenoxy) is 1. The predicted molar refractivity (Wildman–Crippen MR) is 99.1 cm³/mol. The van der Waals surface area contributed by atoms with Crippen LogP contribution in [0.2, 0.25) is 0 Å². The molecule has 0 spiro atoms. The molecular weight excluding hydrogens is 360 g/mol. The molecule has 28 heavy (non-hydrogen) atoms. The highest BCUT2D eigenvalue weighted by Crippen LogP contribution is 2.46. The molecule has 2 fully saturated rings. The van der Waals surface area contributed by atoms with Crippen molar-refractivity contribution in [3.8, 4) is 0 Å². The van der Waals surface area contributed by atoms with Crippen molar-refractivity contribution in [2.24, 2.45) is 11.8 Å². The molecule has 0 radical (unpaired) electrons. The number of aryl methyl sites for hydroxylation is 1. The number of amides is 2. The molecule has 2 aliphatic heterocycles. The fourth-order valence-electron chi connectivity index (χ4n) is 4.68. The molecule has 1 aromatic heterocycles. The van der Waals surface area contributed by atoms with Crippen molar-refractivity contribution in [1.29, 1.82) is 0 Å². The molecular formula is C21H23N2O5+. The molecule has 0 aliphatic carbocycles. The molecule has 2 amide bonds. The molecule has 146 valence electrons. The van der Waals surface area contributed by atoms with Crippen LogP contribution in [0.25, 0.3) is 0 Å². The summed E-state index contributed by atoms with van der Waals surface area (Å²) >= 11 is 0. The standard InChI is InChI=1S/C21H22N2O5/c1-4-21(20(26)27-3)16-15(17(22-21)14-6-5-11-28-14)18(24)23(19(16)25)13-9-7-12(2)8-10-13/h5-11,15-17,22H,4H2,1-3H3/p+1/t15-,16-,17-,21+/m0/s1. The first-order valence-corrected chi connectivity index (χ1v) is 9.37. The lowest BCUT2D eigenvalue weighted by Crippen LogP contribution is -2.98. The van der Waals surface area contributed by atoms with E-state index in [0.717, 1.165) is 5.56 Å². The third-order valence-electron chi connectivity index (χ3n) is 6.08. The number of benzene rings is 1. The van der Waals surface area contributed by atoms with E-state index < -0.39 is 29.4 Å². The average Bonchev–Trinajstić information content (AvgIpc) is 3.39. The number of imide groups is 1. The zero-order valence-electron chi connectivity index (χ0n) is 16.0. The minimum atomic E-state index is -1.16. The van der Waals surface area contributed by atoms with E-state index in [9.17, 15) is 14.4 Å². The van der Waals surface area contributed by atoms with Crippen molar-refractivity contribution in [3.63, 3.8) is 0 Å². The molecule has 0 saturated carbocycles. The second-order valence-electron chi connectivity index (χ2n) is 7.44. The fourth-order valence-corrected chi connectivity index (χ4v) is 4.68. The number of anilines is 1. The van der Waals surface area contributed by atoms with Crippen LogP contribution in [0.4, 0.5) is 5.69 Å². The number of hydrogen-bond donors (Lipinski definition) is 1. The normalized spacial score (nSPS) is 29.2. The Balaban J connectivity index is 1.84. The summed E-state index contributed by atoms with van der Waals surface area (Å²) in [5.41, 5.74) is 0.383. The SMILES string of the molecule is CC[C@@]1(C(=O)OC)[NH2+][C@@H](c2ccco2)[C@H]2C(=O)N(c3ccc(C)cc3)C(=O)[C@H]21. The maximum absolute atomic E-state index is 13.4. The van der Waals surface area contributed by atoms with Crippen molar-refractivity contribution in [1.82, 2.24) is 0 Å². The summed E-state index contributed by atoms with van der Waals surface area (Å²) in [6.07, 6.45) is 1.89. The molecule has 0 bridgehead atoms. The van der Waals surface area contributed by atoms with Gasteiger partial charge in [0.25, 0.3) is 0 Å². The van der Waals surface area contributed by atoms with Gasteiger partial charge >= 0.3 is 5.97 Å². The summed E-state index contributed by atoms with van der Waals surface area (Å²) in [4.78, 5) is 40.8. The number of nitrogens with two attached hydrogens (primary N) is 1. The molecule has 0 unspecified atom stereocenters. The third kappa shape index (κ3) is 2.43. The van der Waals surface area contributed by atoms with Gasteiger partial charge < -0.3 is 14.5 Å². The van der Waals surface area contributed by atoms with Gasteiger partial charge in [-0.25, -0.2) is 9.69 Å². The van der Waals surface area contributed by atoms with Crippen LogP contribution in [0.15, 0.2) is 47.1 Å². The Morgan fingerprint density at radius 1 is 1.21 bits per heavy atom. The van der Waals surface area contributed by atoms with E-state index in [1.54, 1.807) is 29.6 Å². The average molecular weight is 383 g/mol. The largest absolute Gasteiger partial charge is 0.464 e. The van der Waals surface area contributed by atoms with E-state index in [1.807, 2.05) is 26.0 Å². The Hall–Kier alpha value is -2.93. The summed E-state index contributed by atoms with van der Waals surface area (Å²) in [5, 5.41) is 1.79. The van der Waals surface area contributed by atoms with Gasteiger partial charge in [-0.2, -0.15) is 0 Å².